The van der Waals surface area contributed by atoms with Crippen molar-refractivity contribution in [3.63, 3.8) is 0 Å². The molecule has 0 bridgehead atoms. The van der Waals surface area contributed by atoms with Crippen molar-refractivity contribution < 1.29 is 25.5 Å². The molecule has 1 aromatic rings. The Morgan fingerprint density at radius 3 is 2.20 bits per heavy atom. The first-order valence-electron chi connectivity index (χ1n) is 3.30. The highest BCUT2D eigenvalue weighted by molar-refractivity contribution is 7.86. The van der Waals surface area contributed by atoms with Gasteiger partial charge in [0.25, 0.3) is 0 Å². The fraction of sp³-hybridized carbons (Fsp3) is 0.167. The molecule has 0 N–H and O–H groups in total. The second-order valence-corrected chi connectivity index (χ2v) is 4.06. The lowest BCUT2D eigenvalue weighted by atomic mass is 10.2. The van der Waals surface area contributed by atoms with E-state index in [9.17, 15) is 25.5 Å². The fourth-order valence-electron chi connectivity index (χ4n) is 0.878. The van der Waals surface area contributed by atoms with Crippen LogP contribution in [0, 0.1) is 0 Å². The molecule has 0 saturated carbocycles. The average molecular weight is 264 g/mol. The van der Waals surface area contributed by atoms with Crippen LogP contribution in [0.1, 0.15) is 5.56 Å². The van der Waals surface area contributed by atoms with E-state index in [-0.39, 0.29) is 0 Å². The van der Waals surface area contributed by atoms with Gasteiger partial charge in [0.15, 0.2) is 5.15 Å². The summed E-state index contributed by atoms with van der Waals surface area (Å²) < 4.78 is 70.1. The molecule has 1 heterocycles. The normalized spacial score (nSPS) is 12.9. The van der Waals surface area contributed by atoms with Crippen molar-refractivity contribution >= 4 is 21.8 Å². The molecule has 0 fully saturated rings. The molecule has 3 nitrogen and oxygen atoms in total. The Kier molecular flexibility index (Phi) is 2.92. The predicted molar refractivity (Wildman–Crippen MR) is 42.5 cm³/mol. The molecule has 0 aromatic carbocycles. The second-order valence-electron chi connectivity index (χ2n) is 2.41. The van der Waals surface area contributed by atoms with E-state index in [1.54, 1.807) is 0 Å². The van der Waals surface area contributed by atoms with E-state index in [0.29, 0.717) is 12.3 Å². The maximum Gasteiger partial charge on any atom is 0.417 e. The van der Waals surface area contributed by atoms with Gasteiger partial charge in [0.2, 0.25) is 0 Å². The maximum absolute atomic E-state index is 12.5. The lowest BCUT2D eigenvalue weighted by Gasteiger charge is -2.09. The molecule has 0 saturated heterocycles. The Labute approximate surface area is 86.9 Å². The van der Waals surface area contributed by atoms with Crippen LogP contribution in [0.25, 0.3) is 0 Å². The van der Waals surface area contributed by atoms with Gasteiger partial charge in [-0.2, -0.15) is 21.6 Å². The Morgan fingerprint density at radius 2 is 1.87 bits per heavy atom. The van der Waals surface area contributed by atoms with Gasteiger partial charge >= 0.3 is 16.4 Å². The van der Waals surface area contributed by atoms with E-state index < -0.39 is 32.0 Å². The van der Waals surface area contributed by atoms with Crippen LogP contribution in [0.4, 0.5) is 17.1 Å². The Morgan fingerprint density at radius 1 is 1.33 bits per heavy atom. The van der Waals surface area contributed by atoms with E-state index >= 15 is 0 Å². The zero-order valence-electron chi connectivity index (χ0n) is 6.72. The zero-order valence-corrected chi connectivity index (χ0v) is 8.29. The minimum Gasteiger partial charge on any atom is -0.243 e. The largest absolute Gasteiger partial charge is 0.417 e. The standard InChI is InChI=1S/C6H2ClF4NO2S/c7-5-4(15(11,13)14)3(1-2-12-5)6(8,9)10/h1-2H. The molecular formula is C6H2ClF4NO2S. The molecule has 1 aromatic heterocycles. The van der Waals surface area contributed by atoms with Crippen LogP contribution in [0.3, 0.4) is 0 Å². The van der Waals surface area contributed by atoms with E-state index in [1.807, 2.05) is 0 Å². The fourth-order valence-corrected chi connectivity index (χ4v) is 2.01. The number of alkyl halides is 3. The monoisotopic (exact) mass is 263 g/mol. The molecule has 15 heavy (non-hydrogen) atoms. The molecular weight excluding hydrogens is 262 g/mol. The van der Waals surface area contributed by atoms with Gasteiger partial charge in [0.1, 0.15) is 4.90 Å². The molecule has 0 unspecified atom stereocenters. The smallest absolute Gasteiger partial charge is 0.243 e. The Balaban J connectivity index is 3.63. The maximum atomic E-state index is 12.5. The van der Waals surface area contributed by atoms with Crippen LogP contribution >= 0.6 is 11.6 Å². The van der Waals surface area contributed by atoms with Crippen LogP contribution in [-0.4, -0.2) is 13.4 Å². The lowest BCUT2D eigenvalue weighted by Crippen LogP contribution is -2.12. The van der Waals surface area contributed by atoms with Crippen molar-refractivity contribution in [1.29, 1.82) is 0 Å². The number of halogens is 5. The first kappa shape index (κ1) is 12.2. The second kappa shape index (κ2) is 3.60. The third-order valence-corrected chi connectivity index (χ3v) is 2.71. The van der Waals surface area contributed by atoms with Crippen molar-refractivity contribution in [1.82, 2.24) is 4.98 Å². The van der Waals surface area contributed by atoms with Gasteiger partial charge in [-0.15, -0.1) is 3.89 Å². The van der Waals surface area contributed by atoms with Gasteiger partial charge in [-0.05, 0) is 6.07 Å². The molecule has 0 amide bonds. The predicted octanol–water partition coefficient (Wildman–Crippen LogP) is 2.41. The van der Waals surface area contributed by atoms with Crippen molar-refractivity contribution in [2.24, 2.45) is 0 Å². The Bertz CT molecular complexity index is 484. The van der Waals surface area contributed by atoms with Crippen LogP contribution < -0.4 is 0 Å². The SMILES string of the molecule is O=S(=O)(F)c1c(C(F)(F)F)ccnc1Cl. The van der Waals surface area contributed by atoms with Crippen LogP contribution in [0.2, 0.25) is 5.15 Å². The van der Waals surface area contributed by atoms with E-state index in [0.717, 1.165) is 0 Å². The summed E-state index contributed by atoms with van der Waals surface area (Å²) >= 11 is 5.09. The molecule has 0 atom stereocenters. The number of rotatable bonds is 1. The van der Waals surface area contributed by atoms with E-state index in [2.05, 4.69) is 4.98 Å². The molecule has 0 radical (unpaired) electrons. The van der Waals surface area contributed by atoms with Crippen LogP contribution in [0.15, 0.2) is 17.2 Å². The molecule has 0 spiro atoms. The van der Waals surface area contributed by atoms with Gasteiger partial charge in [-0.1, -0.05) is 11.6 Å². The van der Waals surface area contributed by atoms with Crippen LogP contribution in [0.5, 0.6) is 0 Å². The minimum absolute atomic E-state index is 0.332. The summed E-state index contributed by atoms with van der Waals surface area (Å²) in [6.45, 7) is 0. The third kappa shape index (κ3) is 2.57. The number of hydrogen-bond donors (Lipinski definition) is 0. The molecule has 0 aliphatic heterocycles. The topological polar surface area (TPSA) is 47.0 Å². The number of pyridine rings is 1. The van der Waals surface area contributed by atoms with Gasteiger partial charge in [0.05, 0.1) is 5.56 Å². The number of nitrogens with zero attached hydrogens (tertiary/aromatic N) is 1. The summed E-state index contributed by atoms with van der Waals surface area (Å²) in [5.41, 5.74) is -1.68. The van der Waals surface area contributed by atoms with Gasteiger partial charge < -0.3 is 0 Å². The lowest BCUT2D eigenvalue weighted by molar-refractivity contribution is -0.140. The van der Waals surface area contributed by atoms with Gasteiger partial charge in [-0.25, -0.2) is 4.98 Å². The van der Waals surface area contributed by atoms with Crippen molar-refractivity contribution in [2.75, 3.05) is 0 Å². The molecule has 84 valence electrons. The third-order valence-electron chi connectivity index (χ3n) is 1.41. The van der Waals surface area contributed by atoms with Crippen molar-refractivity contribution in [3.05, 3.63) is 23.0 Å². The number of hydrogen-bond acceptors (Lipinski definition) is 3. The highest BCUT2D eigenvalue weighted by atomic mass is 35.5. The highest BCUT2D eigenvalue weighted by Gasteiger charge is 2.39. The van der Waals surface area contributed by atoms with Gasteiger partial charge in [0, 0.05) is 6.20 Å². The highest BCUT2D eigenvalue weighted by Crippen LogP contribution is 2.37. The summed E-state index contributed by atoms with van der Waals surface area (Å²) in [6.07, 6.45) is -4.37. The summed E-state index contributed by atoms with van der Waals surface area (Å²) in [5.74, 6) is 0. The minimum atomic E-state index is -5.56. The number of aromatic nitrogens is 1. The summed E-state index contributed by atoms with van der Waals surface area (Å²) in [7, 11) is -5.56. The van der Waals surface area contributed by atoms with Crippen molar-refractivity contribution in [3.8, 4) is 0 Å². The Hall–Kier alpha value is -0.890. The summed E-state index contributed by atoms with van der Waals surface area (Å²) in [5, 5.41) is -1.05. The molecule has 1 rings (SSSR count). The van der Waals surface area contributed by atoms with Crippen molar-refractivity contribution in [2.45, 2.75) is 11.1 Å². The summed E-state index contributed by atoms with van der Waals surface area (Å²) in [6, 6.07) is 0.332. The first-order valence-corrected chi connectivity index (χ1v) is 5.06. The van der Waals surface area contributed by atoms with E-state index in [4.69, 9.17) is 11.6 Å². The molecule has 0 aliphatic carbocycles. The zero-order chi connectivity index (χ0) is 11.9. The molecule has 0 aliphatic rings. The van der Waals surface area contributed by atoms with Crippen LogP contribution in [-0.2, 0) is 16.4 Å². The quantitative estimate of drug-likeness (QED) is 0.444. The van der Waals surface area contributed by atoms with Gasteiger partial charge in [-0.3, -0.25) is 0 Å². The summed E-state index contributed by atoms with van der Waals surface area (Å²) in [4.78, 5) is 1.41. The van der Waals surface area contributed by atoms with E-state index in [1.165, 1.54) is 0 Å². The molecule has 9 heteroatoms. The first-order chi connectivity index (χ1) is 6.64. The average Bonchev–Trinajstić information content (AvgIpc) is 1.99.